The Hall–Kier alpha value is -1.33. The van der Waals surface area contributed by atoms with Crippen LogP contribution in [0.1, 0.15) is 245 Å². The summed E-state index contributed by atoms with van der Waals surface area (Å²) in [6, 6.07) is 0. The van der Waals surface area contributed by atoms with Crippen LogP contribution < -0.4 is 0 Å². The Morgan fingerprint density at radius 1 is 0.516 bits per heavy atom. The van der Waals surface area contributed by atoms with E-state index in [1.165, 1.54) is 186 Å². The second kappa shape index (κ2) is 44.9. The van der Waals surface area contributed by atoms with Crippen molar-refractivity contribution in [1.82, 2.24) is 0 Å². The summed E-state index contributed by atoms with van der Waals surface area (Å²) in [5.74, 6) is -0.309. The van der Waals surface area contributed by atoms with E-state index in [-0.39, 0.29) is 19.2 Å². The zero-order chi connectivity index (χ0) is 45.0. The number of carbonyl (C=O) groups is 1. The Morgan fingerprint density at radius 2 is 0.935 bits per heavy atom. The third kappa shape index (κ3) is 35.0. The number of aliphatic hydroxyl groups excluding tert-OH is 4. The van der Waals surface area contributed by atoms with E-state index in [0.29, 0.717) is 13.0 Å². The number of rotatable bonds is 46. The van der Waals surface area contributed by atoms with Crippen molar-refractivity contribution in [3.63, 3.8) is 0 Å². The summed E-state index contributed by atoms with van der Waals surface area (Å²) >= 11 is 0. The standard InChI is InChI=1S/C53H100O9/c1-3-5-7-9-11-13-15-17-19-21-23-25-27-29-31-33-35-37-39-41-43-59-45-47(46-60-53-52(58)51(57)50(56)48(44-54)62-53)61-49(55)42-40-38-36-34-32-30-28-26-24-22-20-18-16-14-12-10-8-6-4-2/h11,13,17,19,47-48,50-54,56-58H,3-10,12,14-16,18,20-46H2,1-2H3/b13-11-,19-17-. The molecule has 0 spiro atoms. The van der Waals surface area contributed by atoms with Gasteiger partial charge >= 0.3 is 5.97 Å². The smallest absolute Gasteiger partial charge is 0.306 e. The maximum absolute atomic E-state index is 12.8. The lowest BCUT2D eigenvalue weighted by Crippen LogP contribution is -2.59. The average molecular weight is 881 g/mol. The van der Waals surface area contributed by atoms with Gasteiger partial charge in [0.1, 0.15) is 30.5 Å². The van der Waals surface area contributed by atoms with Crippen molar-refractivity contribution in [2.24, 2.45) is 0 Å². The number of allylic oxidation sites excluding steroid dienone is 4. The monoisotopic (exact) mass is 881 g/mol. The Morgan fingerprint density at radius 3 is 1.42 bits per heavy atom. The van der Waals surface area contributed by atoms with Crippen LogP contribution in [-0.4, -0.2) is 89.6 Å². The molecule has 1 aliphatic heterocycles. The first-order valence-corrected chi connectivity index (χ1v) is 26.4. The second-order valence-electron chi connectivity index (χ2n) is 18.3. The van der Waals surface area contributed by atoms with Crippen LogP contribution in [0.15, 0.2) is 24.3 Å². The third-order valence-corrected chi connectivity index (χ3v) is 12.4. The van der Waals surface area contributed by atoms with Gasteiger partial charge in [0, 0.05) is 13.0 Å². The SMILES string of the molecule is CCCCC/C=C\C/C=C\CCCCCCCCCCCCOCC(COC1OC(CO)C(O)C(O)C1O)OC(=O)CCCCCCCCCCCCCCCCCCCCC. The van der Waals surface area contributed by atoms with Gasteiger partial charge in [-0.2, -0.15) is 0 Å². The minimum atomic E-state index is -1.53. The maximum atomic E-state index is 12.8. The summed E-state index contributed by atoms with van der Waals surface area (Å²) in [4.78, 5) is 12.8. The molecule has 0 aromatic rings. The first-order chi connectivity index (χ1) is 30.4. The van der Waals surface area contributed by atoms with Gasteiger partial charge in [0.15, 0.2) is 6.29 Å². The highest BCUT2D eigenvalue weighted by Gasteiger charge is 2.44. The minimum Gasteiger partial charge on any atom is -0.457 e. The molecule has 0 bridgehead atoms. The molecule has 0 aromatic heterocycles. The molecule has 4 N–H and O–H groups in total. The Bertz CT molecular complexity index is 1000. The quantitative estimate of drug-likeness (QED) is 0.0268. The highest BCUT2D eigenvalue weighted by molar-refractivity contribution is 5.69. The van der Waals surface area contributed by atoms with Crippen LogP contribution in [0.2, 0.25) is 0 Å². The number of aliphatic hydroxyl groups is 4. The Labute approximate surface area is 381 Å². The van der Waals surface area contributed by atoms with Crippen molar-refractivity contribution in [2.45, 2.75) is 282 Å². The molecule has 6 atom stereocenters. The number of hydrogen-bond acceptors (Lipinski definition) is 9. The molecule has 366 valence electrons. The van der Waals surface area contributed by atoms with Gasteiger partial charge in [-0.1, -0.05) is 218 Å². The average Bonchev–Trinajstić information content (AvgIpc) is 3.27. The van der Waals surface area contributed by atoms with Crippen LogP contribution in [0.3, 0.4) is 0 Å². The van der Waals surface area contributed by atoms with Gasteiger partial charge in [0.05, 0.1) is 19.8 Å². The van der Waals surface area contributed by atoms with Crippen LogP contribution in [0.5, 0.6) is 0 Å². The van der Waals surface area contributed by atoms with Gasteiger partial charge in [-0.05, 0) is 44.9 Å². The fourth-order valence-corrected chi connectivity index (χ4v) is 8.23. The lowest BCUT2D eigenvalue weighted by molar-refractivity contribution is -0.305. The third-order valence-electron chi connectivity index (χ3n) is 12.4. The van der Waals surface area contributed by atoms with Crippen molar-refractivity contribution in [3.8, 4) is 0 Å². The molecule has 1 rings (SSSR count). The number of unbranched alkanes of at least 4 members (excludes halogenated alkanes) is 31. The van der Waals surface area contributed by atoms with E-state index < -0.39 is 43.4 Å². The van der Waals surface area contributed by atoms with Gasteiger partial charge in [-0.15, -0.1) is 0 Å². The van der Waals surface area contributed by atoms with Gasteiger partial charge in [-0.3, -0.25) is 4.79 Å². The molecule has 0 aromatic carbocycles. The molecule has 62 heavy (non-hydrogen) atoms. The molecule has 1 fully saturated rings. The first kappa shape index (κ1) is 58.7. The normalized spacial score (nSPS) is 19.9. The molecule has 0 amide bonds. The molecule has 0 saturated carbocycles. The van der Waals surface area contributed by atoms with Crippen LogP contribution in [0.25, 0.3) is 0 Å². The summed E-state index contributed by atoms with van der Waals surface area (Å²) in [5.41, 5.74) is 0. The molecular weight excluding hydrogens is 781 g/mol. The van der Waals surface area contributed by atoms with E-state index in [4.69, 9.17) is 18.9 Å². The van der Waals surface area contributed by atoms with Crippen LogP contribution in [0, 0.1) is 0 Å². The lowest BCUT2D eigenvalue weighted by Gasteiger charge is -2.39. The summed E-state index contributed by atoms with van der Waals surface area (Å²) in [5, 5.41) is 40.3. The summed E-state index contributed by atoms with van der Waals surface area (Å²) in [6.45, 7) is 4.58. The topological polar surface area (TPSA) is 135 Å². The van der Waals surface area contributed by atoms with Gasteiger partial charge in [0.25, 0.3) is 0 Å². The summed E-state index contributed by atoms with van der Waals surface area (Å²) < 4.78 is 22.9. The minimum absolute atomic E-state index is 0.110. The van der Waals surface area contributed by atoms with Gasteiger partial charge < -0.3 is 39.4 Å². The first-order valence-electron chi connectivity index (χ1n) is 26.4. The molecule has 1 saturated heterocycles. The molecule has 0 aliphatic carbocycles. The van der Waals surface area contributed by atoms with Crippen LogP contribution in [-0.2, 0) is 23.7 Å². The molecule has 0 radical (unpaired) electrons. The van der Waals surface area contributed by atoms with Gasteiger partial charge in [0.2, 0.25) is 0 Å². The fourth-order valence-electron chi connectivity index (χ4n) is 8.23. The number of hydrogen-bond donors (Lipinski definition) is 4. The molecule has 6 unspecified atom stereocenters. The van der Waals surface area contributed by atoms with E-state index in [1.807, 2.05) is 0 Å². The summed E-state index contributed by atoms with van der Waals surface area (Å²) in [6.07, 6.45) is 46.4. The highest BCUT2D eigenvalue weighted by Crippen LogP contribution is 2.23. The van der Waals surface area contributed by atoms with Crippen molar-refractivity contribution in [3.05, 3.63) is 24.3 Å². The molecule has 1 aliphatic rings. The van der Waals surface area contributed by atoms with E-state index in [9.17, 15) is 25.2 Å². The van der Waals surface area contributed by atoms with Crippen molar-refractivity contribution < 1.29 is 44.2 Å². The molecule has 1 heterocycles. The van der Waals surface area contributed by atoms with Crippen molar-refractivity contribution in [1.29, 1.82) is 0 Å². The van der Waals surface area contributed by atoms with Gasteiger partial charge in [-0.25, -0.2) is 0 Å². The van der Waals surface area contributed by atoms with Crippen LogP contribution in [0.4, 0.5) is 0 Å². The second-order valence-corrected chi connectivity index (χ2v) is 18.3. The number of esters is 1. The maximum Gasteiger partial charge on any atom is 0.306 e. The molecule has 9 nitrogen and oxygen atoms in total. The summed E-state index contributed by atoms with van der Waals surface area (Å²) in [7, 11) is 0. The Balaban J connectivity index is 2.18. The van der Waals surface area contributed by atoms with Crippen molar-refractivity contribution >= 4 is 5.97 Å². The van der Waals surface area contributed by atoms with Crippen LogP contribution >= 0.6 is 0 Å². The van der Waals surface area contributed by atoms with E-state index in [2.05, 4.69) is 38.2 Å². The largest absolute Gasteiger partial charge is 0.457 e. The Kier molecular flexibility index (Phi) is 42.5. The predicted octanol–water partition coefficient (Wildman–Crippen LogP) is 12.9. The fraction of sp³-hybridized carbons (Fsp3) is 0.906. The number of carbonyl (C=O) groups excluding carboxylic acids is 1. The predicted molar refractivity (Wildman–Crippen MR) is 256 cm³/mol. The lowest BCUT2D eigenvalue weighted by atomic mass is 9.99. The molecule has 9 heteroatoms. The molecular formula is C53H100O9. The zero-order valence-electron chi connectivity index (χ0n) is 40.4. The van der Waals surface area contributed by atoms with E-state index in [0.717, 1.165) is 38.5 Å². The van der Waals surface area contributed by atoms with Crippen molar-refractivity contribution in [2.75, 3.05) is 26.4 Å². The highest BCUT2D eigenvalue weighted by atomic mass is 16.7. The number of ether oxygens (including phenoxy) is 4. The van der Waals surface area contributed by atoms with E-state index >= 15 is 0 Å². The zero-order valence-corrected chi connectivity index (χ0v) is 40.4. The van der Waals surface area contributed by atoms with E-state index in [1.54, 1.807) is 0 Å².